The van der Waals surface area contributed by atoms with Crippen molar-refractivity contribution in [1.82, 2.24) is 9.80 Å². The quantitative estimate of drug-likeness (QED) is 0.852. The number of piperidine rings is 1. The highest BCUT2D eigenvalue weighted by Gasteiger charge is 2.28. The van der Waals surface area contributed by atoms with Crippen LogP contribution in [0.1, 0.15) is 36.0 Å². The largest absolute Gasteiger partial charge is 0.366 e. The van der Waals surface area contributed by atoms with Crippen molar-refractivity contribution >= 4 is 17.5 Å². The van der Waals surface area contributed by atoms with E-state index in [0.717, 1.165) is 26.2 Å². The van der Waals surface area contributed by atoms with Gasteiger partial charge in [0, 0.05) is 49.9 Å². The molecule has 0 saturated carbocycles. The molecule has 0 spiro atoms. The molecule has 0 aliphatic carbocycles. The van der Waals surface area contributed by atoms with Gasteiger partial charge < -0.3 is 11.1 Å². The van der Waals surface area contributed by atoms with E-state index in [1.807, 2.05) is 0 Å². The van der Waals surface area contributed by atoms with Gasteiger partial charge in [-0.2, -0.15) is 0 Å². The lowest BCUT2D eigenvalue weighted by Crippen LogP contribution is -2.55. The van der Waals surface area contributed by atoms with Gasteiger partial charge in [-0.25, -0.2) is 0 Å². The summed E-state index contributed by atoms with van der Waals surface area (Å²) in [5.74, 6) is -0.456. The molecule has 130 valence electrons. The summed E-state index contributed by atoms with van der Waals surface area (Å²) in [6.45, 7) is 5.30. The average molecular weight is 330 g/mol. The maximum atomic E-state index is 12.1. The lowest BCUT2D eigenvalue weighted by Gasteiger charge is -2.44. The van der Waals surface area contributed by atoms with E-state index in [2.05, 4.69) is 15.1 Å². The Balaban J connectivity index is 1.43. The minimum atomic E-state index is -0.463. The number of carbonyl (C=O) groups excluding carboxylic acids is 2. The Hall–Kier alpha value is -1.92. The van der Waals surface area contributed by atoms with Crippen molar-refractivity contribution < 1.29 is 9.59 Å². The number of piperazine rings is 1. The zero-order chi connectivity index (χ0) is 16.9. The first-order valence-electron chi connectivity index (χ1n) is 8.78. The van der Waals surface area contributed by atoms with Gasteiger partial charge in [-0.1, -0.05) is 6.42 Å². The molecule has 6 nitrogen and oxygen atoms in total. The summed E-state index contributed by atoms with van der Waals surface area (Å²) in [6, 6.07) is 7.34. The van der Waals surface area contributed by atoms with Crippen LogP contribution >= 0.6 is 0 Å². The summed E-state index contributed by atoms with van der Waals surface area (Å²) in [4.78, 5) is 28.2. The Bertz CT molecular complexity index is 587. The molecule has 0 radical (unpaired) electrons. The van der Waals surface area contributed by atoms with Gasteiger partial charge in [0.15, 0.2) is 0 Å². The third-order valence-corrected chi connectivity index (χ3v) is 5.03. The third kappa shape index (κ3) is 4.33. The minimum Gasteiger partial charge on any atom is -0.366 e. The maximum Gasteiger partial charge on any atom is 0.248 e. The summed E-state index contributed by atoms with van der Waals surface area (Å²) in [5, 5.41) is 2.88. The zero-order valence-electron chi connectivity index (χ0n) is 14.0. The van der Waals surface area contributed by atoms with Crippen molar-refractivity contribution in [3.05, 3.63) is 29.8 Å². The number of benzene rings is 1. The molecule has 24 heavy (non-hydrogen) atoms. The minimum absolute atomic E-state index is 0.00731. The second-order valence-corrected chi connectivity index (χ2v) is 6.73. The van der Waals surface area contributed by atoms with E-state index < -0.39 is 5.91 Å². The molecule has 6 heteroatoms. The van der Waals surface area contributed by atoms with Gasteiger partial charge in [0.1, 0.15) is 0 Å². The third-order valence-electron chi connectivity index (χ3n) is 5.03. The first kappa shape index (κ1) is 16.9. The van der Waals surface area contributed by atoms with E-state index in [0.29, 0.717) is 23.7 Å². The maximum absolute atomic E-state index is 12.1. The van der Waals surface area contributed by atoms with E-state index in [9.17, 15) is 9.59 Å². The molecular weight excluding hydrogens is 304 g/mol. The molecular formula is C18H26N4O2. The zero-order valence-corrected chi connectivity index (χ0v) is 14.0. The molecule has 2 aliphatic rings. The van der Waals surface area contributed by atoms with Crippen LogP contribution < -0.4 is 11.1 Å². The topological polar surface area (TPSA) is 78.7 Å². The van der Waals surface area contributed by atoms with E-state index in [4.69, 9.17) is 5.73 Å². The lowest BCUT2D eigenvalue weighted by molar-refractivity contribution is -0.116. The number of carbonyl (C=O) groups is 2. The summed E-state index contributed by atoms with van der Waals surface area (Å²) < 4.78 is 0. The Kier molecular flexibility index (Phi) is 5.48. The number of nitrogens with two attached hydrogens (primary N) is 1. The Morgan fingerprint density at radius 2 is 1.92 bits per heavy atom. The first-order valence-corrected chi connectivity index (χ1v) is 8.78. The van der Waals surface area contributed by atoms with Gasteiger partial charge in [-0.15, -0.1) is 0 Å². The fourth-order valence-corrected chi connectivity index (χ4v) is 3.62. The predicted octanol–water partition coefficient (Wildman–Crippen LogP) is 1.28. The normalized spacial score (nSPS) is 21.9. The van der Waals surface area contributed by atoms with Crippen LogP contribution in [-0.2, 0) is 4.79 Å². The molecule has 0 bridgehead atoms. The van der Waals surface area contributed by atoms with Crippen molar-refractivity contribution in [3.63, 3.8) is 0 Å². The van der Waals surface area contributed by atoms with Crippen molar-refractivity contribution in [3.8, 4) is 0 Å². The number of rotatable bonds is 5. The van der Waals surface area contributed by atoms with Gasteiger partial charge in [0.25, 0.3) is 0 Å². The van der Waals surface area contributed by atoms with E-state index in [1.54, 1.807) is 24.3 Å². The van der Waals surface area contributed by atoms with Crippen LogP contribution in [0.15, 0.2) is 24.3 Å². The summed E-state index contributed by atoms with van der Waals surface area (Å²) in [5.41, 5.74) is 6.35. The van der Waals surface area contributed by atoms with E-state index in [-0.39, 0.29) is 5.91 Å². The second kappa shape index (κ2) is 7.77. The van der Waals surface area contributed by atoms with Crippen molar-refractivity contribution in [1.29, 1.82) is 0 Å². The molecule has 1 aromatic rings. The number of fused-ring (bicyclic) bond motifs is 1. The van der Waals surface area contributed by atoms with Crippen molar-refractivity contribution in [2.45, 2.75) is 31.7 Å². The standard InChI is InChI=1S/C18H26N4O2/c19-18(24)14-4-6-15(7-5-14)20-17(23)8-10-21-11-12-22-9-2-1-3-16(22)13-21/h4-7,16H,1-3,8-13H2,(H2,19,24)(H,20,23)/t16-/m1/s1. The molecule has 1 aromatic carbocycles. The highest BCUT2D eigenvalue weighted by Crippen LogP contribution is 2.21. The molecule has 0 aromatic heterocycles. The molecule has 1 atom stereocenters. The molecule has 2 amide bonds. The number of hydrogen-bond donors (Lipinski definition) is 2. The number of hydrogen-bond acceptors (Lipinski definition) is 4. The molecule has 3 rings (SSSR count). The Labute approximate surface area is 143 Å². The average Bonchev–Trinajstić information content (AvgIpc) is 2.60. The lowest BCUT2D eigenvalue weighted by atomic mass is 9.99. The SMILES string of the molecule is NC(=O)c1ccc(NC(=O)CCN2CCN3CCCC[C@@H]3C2)cc1. The molecule has 2 aliphatic heterocycles. The van der Waals surface area contributed by atoms with Crippen LogP contribution in [0.3, 0.4) is 0 Å². The van der Waals surface area contributed by atoms with Gasteiger partial charge in [-0.05, 0) is 43.7 Å². The Morgan fingerprint density at radius 1 is 1.12 bits per heavy atom. The summed E-state index contributed by atoms with van der Waals surface area (Å²) >= 11 is 0. The van der Waals surface area contributed by atoms with Gasteiger partial charge in [-0.3, -0.25) is 19.4 Å². The first-order chi connectivity index (χ1) is 11.6. The number of anilines is 1. The number of nitrogens with one attached hydrogen (secondary N) is 1. The second-order valence-electron chi connectivity index (χ2n) is 6.73. The monoisotopic (exact) mass is 330 g/mol. The predicted molar refractivity (Wildman–Crippen MR) is 93.9 cm³/mol. The van der Waals surface area contributed by atoms with Crippen LogP contribution in [0.5, 0.6) is 0 Å². The highest BCUT2D eigenvalue weighted by molar-refractivity contribution is 5.94. The van der Waals surface area contributed by atoms with E-state index in [1.165, 1.54) is 25.8 Å². The summed E-state index contributed by atoms with van der Waals surface area (Å²) in [7, 11) is 0. The Morgan fingerprint density at radius 3 is 2.67 bits per heavy atom. The fourth-order valence-electron chi connectivity index (χ4n) is 3.62. The van der Waals surface area contributed by atoms with Crippen LogP contribution in [0, 0.1) is 0 Å². The van der Waals surface area contributed by atoms with Crippen LogP contribution in [0.25, 0.3) is 0 Å². The number of primary amides is 1. The van der Waals surface area contributed by atoms with E-state index >= 15 is 0 Å². The molecule has 2 fully saturated rings. The smallest absolute Gasteiger partial charge is 0.248 e. The number of nitrogens with zero attached hydrogens (tertiary/aromatic N) is 2. The van der Waals surface area contributed by atoms with Crippen molar-refractivity contribution in [2.75, 3.05) is 38.0 Å². The fraction of sp³-hybridized carbons (Fsp3) is 0.556. The molecule has 3 N–H and O–H groups in total. The number of amides is 2. The highest BCUT2D eigenvalue weighted by atomic mass is 16.2. The summed E-state index contributed by atoms with van der Waals surface area (Å²) in [6.07, 6.45) is 4.43. The van der Waals surface area contributed by atoms with Crippen LogP contribution in [0.4, 0.5) is 5.69 Å². The van der Waals surface area contributed by atoms with Crippen LogP contribution in [0.2, 0.25) is 0 Å². The van der Waals surface area contributed by atoms with Gasteiger partial charge in [0.2, 0.25) is 11.8 Å². The molecule has 0 unspecified atom stereocenters. The van der Waals surface area contributed by atoms with Crippen LogP contribution in [-0.4, -0.2) is 60.4 Å². The molecule has 2 saturated heterocycles. The molecule has 2 heterocycles. The van der Waals surface area contributed by atoms with Gasteiger partial charge >= 0.3 is 0 Å². The van der Waals surface area contributed by atoms with Crippen molar-refractivity contribution in [2.24, 2.45) is 5.73 Å². The van der Waals surface area contributed by atoms with Gasteiger partial charge in [0.05, 0.1) is 0 Å².